The third-order valence-corrected chi connectivity index (χ3v) is 2.33. The summed E-state index contributed by atoms with van der Waals surface area (Å²) in [7, 11) is 0. The van der Waals surface area contributed by atoms with Crippen LogP contribution in [-0.4, -0.2) is 0 Å². The first-order valence-corrected chi connectivity index (χ1v) is 5.00. The standard InChI is InChI=1S/C14H12N2/c1-3-11(9-15)13-5-7-14(8-6-13)12(4-2)10-16/h3-8H,1-2H3. The van der Waals surface area contributed by atoms with E-state index in [1.165, 1.54) is 0 Å². The molecule has 0 saturated carbocycles. The van der Waals surface area contributed by atoms with Crippen LogP contribution in [0.4, 0.5) is 0 Å². The Labute approximate surface area is 95.8 Å². The summed E-state index contributed by atoms with van der Waals surface area (Å²) in [6.07, 6.45) is 3.55. The van der Waals surface area contributed by atoms with Crippen molar-refractivity contribution in [1.29, 1.82) is 10.5 Å². The lowest BCUT2D eigenvalue weighted by atomic mass is 10.0. The van der Waals surface area contributed by atoms with Crippen LogP contribution in [-0.2, 0) is 0 Å². The van der Waals surface area contributed by atoms with Gasteiger partial charge < -0.3 is 0 Å². The molecule has 0 aliphatic carbocycles. The lowest BCUT2D eigenvalue weighted by Gasteiger charge is -2.01. The lowest BCUT2D eigenvalue weighted by Crippen LogP contribution is -1.84. The largest absolute Gasteiger partial charge is 0.192 e. The van der Waals surface area contributed by atoms with E-state index in [1.807, 2.05) is 38.1 Å². The number of nitrogens with zero attached hydrogens (tertiary/aromatic N) is 2. The van der Waals surface area contributed by atoms with Gasteiger partial charge in [-0.3, -0.25) is 0 Å². The molecular weight excluding hydrogens is 196 g/mol. The number of allylic oxidation sites excluding steroid dienone is 4. The number of nitriles is 2. The van der Waals surface area contributed by atoms with Gasteiger partial charge in [0.1, 0.15) is 0 Å². The van der Waals surface area contributed by atoms with Crippen LogP contribution in [0.15, 0.2) is 36.4 Å². The second kappa shape index (κ2) is 5.53. The molecule has 0 aliphatic heterocycles. The number of rotatable bonds is 2. The molecule has 0 fully saturated rings. The van der Waals surface area contributed by atoms with Crippen molar-refractivity contribution in [2.75, 3.05) is 0 Å². The van der Waals surface area contributed by atoms with E-state index in [4.69, 9.17) is 10.5 Å². The fraction of sp³-hybridized carbons (Fsp3) is 0.143. The Balaban J connectivity index is 3.12. The second-order valence-electron chi connectivity index (χ2n) is 3.21. The van der Waals surface area contributed by atoms with Crippen LogP contribution >= 0.6 is 0 Å². The summed E-state index contributed by atoms with van der Waals surface area (Å²) in [5.41, 5.74) is 3.04. The summed E-state index contributed by atoms with van der Waals surface area (Å²) in [6, 6.07) is 11.7. The van der Waals surface area contributed by atoms with Crippen molar-refractivity contribution >= 4 is 11.1 Å². The van der Waals surface area contributed by atoms with Crippen molar-refractivity contribution in [2.45, 2.75) is 13.8 Å². The molecular formula is C14H12N2. The maximum atomic E-state index is 8.87. The molecule has 2 heteroatoms. The molecule has 0 aliphatic rings. The van der Waals surface area contributed by atoms with Crippen molar-refractivity contribution < 1.29 is 0 Å². The lowest BCUT2D eigenvalue weighted by molar-refractivity contribution is 1.49. The van der Waals surface area contributed by atoms with E-state index in [1.54, 1.807) is 12.2 Å². The summed E-state index contributed by atoms with van der Waals surface area (Å²) in [4.78, 5) is 0. The minimum atomic E-state index is 0.644. The molecule has 0 aromatic heterocycles. The third-order valence-electron chi connectivity index (χ3n) is 2.33. The molecule has 0 spiro atoms. The van der Waals surface area contributed by atoms with Gasteiger partial charge in [0, 0.05) is 0 Å². The topological polar surface area (TPSA) is 47.6 Å². The van der Waals surface area contributed by atoms with Gasteiger partial charge in [-0.05, 0) is 25.0 Å². The Morgan fingerprint density at radius 3 is 1.38 bits per heavy atom. The van der Waals surface area contributed by atoms with Crippen LogP contribution in [0.5, 0.6) is 0 Å². The van der Waals surface area contributed by atoms with Gasteiger partial charge in [0.15, 0.2) is 0 Å². The molecule has 1 aromatic carbocycles. The van der Waals surface area contributed by atoms with Gasteiger partial charge in [-0.2, -0.15) is 10.5 Å². The predicted molar refractivity (Wildman–Crippen MR) is 65.0 cm³/mol. The first kappa shape index (κ1) is 11.8. The minimum Gasteiger partial charge on any atom is -0.192 e. The molecule has 0 saturated heterocycles. The number of hydrogen-bond acceptors (Lipinski definition) is 2. The normalized spacial score (nSPS) is 11.8. The highest BCUT2D eigenvalue weighted by molar-refractivity contribution is 5.80. The average Bonchev–Trinajstić information content (AvgIpc) is 2.34. The summed E-state index contributed by atoms with van der Waals surface area (Å²) < 4.78 is 0. The molecule has 1 rings (SSSR count). The Morgan fingerprint density at radius 2 is 1.19 bits per heavy atom. The fourth-order valence-corrected chi connectivity index (χ4v) is 1.42. The van der Waals surface area contributed by atoms with Crippen molar-refractivity contribution in [1.82, 2.24) is 0 Å². The highest BCUT2D eigenvalue weighted by Gasteiger charge is 2.01. The van der Waals surface area contributed by atoms with Gasteiger partial charge in [0.25, 0.3) is 0 Å². The van der Waals surface area contributed by atoms with E-state index in [0.717, 1.165) is 11.1 Å². The van der Waals surface area contributed by atoms with Crippen molar-refractivity contribution in [3.63, 3.8) is 0 Å². The van der Waals surface area contributed by atoms with E-state index in [0.29, 0.717) is 11.1 Å². The maximum Gasteiger partial charge on any atom is 0.0994 e. The molecule has 2 nitrogen and oxygen atoms in total. The Hall–Kier alpha value is -2.32. The SMILES string of the molecule is CC=C(C#N)c1ccc(C(C#N)=CC)cc1. The van der Waals surface area contributed by atoms with Gasteiger partial charge in [0.2, 0.25) is 0 Å². The first-order valence-electron chi connectivity index (χ1n) is 5.00. The van der Waals surface area contributed by atoms with Crippen LogP contribution in [0, 0.1) is 22.7 Å². The highest BCUT2D eigenvalue weighted by Crippen LogP contribution is 2.18. The molecule has 0 N–H and O–H groups in total. The summed E-state index contributed by atoms with van der Waals surface area (Å²) in [6.45, 7) is 3.66. The molecule has 0 heterocycles. The van der Waals surface area contributed by atoms with Crippen LogP contribution in [0.1, 0.15) is 25.0 Å². The van der Waals surface area contributed by atoms with Crippen LogP contribution < -0.4 is 0 Å². The van der Waals surface area contributed by atoms with Crippen LogP contribution in [0.3, 0.4) is 0 Å². The molecule has 16 heavy (non-hydrogen) atoms. The van der Waals surface area contributed by atoms with Crippen LogP contribution in [0.25, 0.3) is 11.1 Å². The molecule has 0 atom stereocenters. The smallest absolute Gasteiger partial charge is 0.0994 e. The zero-order valence-corrected chi connectivity index (χ0v) is 9.36. The molecule has 0 radical (unpaired) electrons. The van der Waals surface area contributed by atoms with Gasteiger partial charge in [-0.1, -0.05) is 36.4 Å². The first-order chi connectivity index (χ1) is 7.76. The zero-order chi connectivity index (χ0) is 12.0. The molecule has 0 bridgehead atoms. The summed E-state index contributed by atoms with van der Waals surface area (Å²) in [5.74, 6) is 0. The van der Waals surface area contributed by atoms with E-state index in [9.17, 15) is 0 Å². The third kappa shape index (κ3) is 2.38. The molecule has 78 valence electrons. The van der Waals surface area contributed by atoms with Crippen molar-refractivity contribution in [3.8, 4) is 12.1 Å². The summed E-state index contributed by atoms with van der Waals surface area (Å²) in [5, 5.41) is 17.7. The molecule has 0 amide bonds. The predicted octanol–water partition coefficient (Wildman–Crippen LogP) is 3.54. The maximum absolute atomic E-state index is 8.87. The van der Waals surface area contributed by atoms with Crippen molar-refractivity contribution in [2.24, 2.45) is 0 Å². The quantitative estimate of drug-likeness (QED) is 0.698. The summed E-state index contributed by atoms with van der Waals surface area (Å²) >= 11 is 0. The monoisotopic (exact) mass is 208 g/mol. The molecule has 0 unspecified atom stereocenters. The Morgan fingerprint density at radius 1 is 0.875 bits per heavy atom. The van der Waals surface area contributed by atoms with E-state index < -0.39 is 0 Å². The average molecular weight is 208 g/mol. The van der Waals surface area contributed by atoms with Gasteiger partial charge in [-0.15, -0.1) is 0 Å². The van der Waals surface area contributed by atoms with Gasteiger partial charge in [-0.25, -0.2) is 0 Å². The minimum absolute atomic E-state index is 0.644. The zero-order valence-electron chi connectivity index (χ0n) is 9.36. The van der Waals surface area contributed by atoms with E-state index in [2.05, 4.69) is 12.1 Å². The Kier molecular flexibility index (Phi) is 4.07. The number of hydrogen-bond donors (Lipinski definition) is 0. The van der Waals surface area contributed by atoms with E-state index >= 15 is 0 Å². The Bertz CT molecular complexity index is 456. The van der Waals surface area contributed by atoms with Gasteiger partial charge >= 0.3 is 0 Å². The fourth-order valence-electron chi connectivity index (χ4n) is 1.42. The number of benzene rings is 1. The van der Waals surface area contributed by atoms with Crippen molar-refractivity contribution in [3.05, 3.63) is 47.5 Å². The van der Waals surface area contributed by atoms with Crippen LogP contribution in [0.2, 0.25) is 0 Å². The molecule has 1 aromatic rings. The second-order valence-corrected chi connectivity index (χ2v) is 3.21. The van der Waals surface area contributed by atoms with E-state index in [-0.39, 0.29) is 0 Å². The van der Waals surface area contributed by atoms with Gasteiger partial charge in [0.05, 0.1) is 23.3 Å². The highest BCUT2D eigenvalue weighted by atomic mass is 14.3.